The maximum absolute atomic E-state index is 13.0. The Bertz CT molecular complexity index is 1360. The Morgan fingerprint density at radius 2 is 1.88 bits per heavy atom. The van der Waals surface area contributed by atoms with Crippen LogP contribution in [-0.4, -0.2) is 42.6 Å². The number of hydrogen-bond donors (Lipinski definition) is 0. The summed E-state index contributed by atoms with van der Waals surface area (Å²) in [5.41, 5.74) is -2.20. The molecule has 2 aromatic heterocycles. The van der Waals surface area contributed by atoms with E-state index in [0.717, 1.165) is 27.2 Å². The topological polar surface area (TPSA) is 112 Å². The second kappa shape index (κ2) is 8.83. The zero-order chi connectivity index (χ0) is 24.6. The summed E-state index contributed by atoms with van der Waals surface area (Å²) in [6.07, 6.45) is -4.59. The predicted octanol–water partition coefficient (Wildman–Crippen LogP) is 2.76. The molecule has 3 aromatic rings. The summed E-state index contributed by atoms with van der Waals surface area (Å²) in [5, 5.41) is 3.51. The Balaban J connectivity index is 1.85. The Morgan fingerprint density at radius 1 is 1.18 bits per heavy atom. The lowest BCUT2D eigenvalue weighted by Crippen LogP contribution is -2.24. The van der Waals surface area contributed by atoms with Gasteiger partial charge in [-0.1, -0.05) is 6.07 Å². The van der Waals surface area contributed by atoms with Crippen molar-refractivity contribution in [2.24, 2.45) is 0 Å². The number of furan rings is 1. The van der Waals surface area contributed by atoms with Crippen LogP contribution in [0.2, 0.25) is 0 Å². The van der Waals surface area contributed by atoms with Crippen LogP contribution in [0.25, 0.3) is 5.69 Å². The fourth-order valence-electron chi connectivity index (χ4n) is 2.72. The predicted molar refractivity (Wildman–Crippen MR) is 108 cm³/mol. The molecule has 0 aliphatic heterocycles. The van der Waals surface area contributed by atoms with Crippen LogP contribution in [0, 0.1) is 6.92 Å². The number of carbonyl (C=O) groups excluding carboxylic acids is 1. The second-order valence-electron chi connectivity index (χ2n) is 7.04. The van der Waals surface area contributed by atoms with E-state index in [-0.39, 0.29) is 22.2 Å². The Morgan fingerprint density at radius 3 is 2.52 bits per heavy atom. The van der Waals surface area contributed by atoms with Crippen LogP contribution in [0.5, 0.6) is 0 Å². The summed E-state index contributed by atoms with van der Waals surface area (Å²) in [4.78, 5) is 24.7. The minimum Gasteiger partial charge on any atom is -0.453 e. The Hall–Kier alpha value is -3.45. The number of sulfonamides is 1. The standard InChI is InChI=1S/C20H18F3N3O6S/c1-12-9-16(27)18(24-26(12)14-6-4-5-13(10-14)20(21,22)23)19(28)31-11-15-7-8-17(32-15)33(29,30)25(2)3/h4-10H,11H2,1-3H3. The first-order valence-corrected chi connectivity index (χ1v) is 10.7. The van der Waals surface area contributed by atoms with Gasteiger partial charge in [-0.2, -0.15) is 18.3 Å². The van der Waals surface area contributed by atoms with Crippen molar-refractivity contribution in [3.63, 3.8) is 0 Å². The third-order valence-corrected chi connectivity index (χ3v) is 6.13. The molecule has 0 unspecified atom stereocenters. The molecule has 9 nitrogen and oxygen atoms in total. The molecule has 0 fully saturated rings. The van der Waals surface area contributed by atoms with Gasteiger partial charge >= 0.3 is 12.1 Å². The minimum absolute atomic E-state index is 0.00547. The van der Waals surface area contributed by atoms with Gasteiger partial charge in [0.05, 0.1) is 11.3 Å². The number of esters is 1. The van der Waals surface area contributed by atoms with Gasteiger partial charge < -0.3 is 9.15 Å². The van der Waals surface area contributed by atoms with Crippen LogP contribution >= 0.6 is 0 Å². The van der Waals surface area contributed by atoms with Gasteiger partial charge in [-0.15, -0.1) is 0 Å². The monoisotopic (exact) mass is 485 g/mol. The first kappa shape index (κ1) is 24.2. The summed E-state index contributed by atoms with van der Waals surface area (Å²) >= 11 is 0. The molecule has 176 valence electrons. The van der Waals surface area contributed by atoms with E-state index in [4.69, 9.17) is 9.15 Å². The van der Waals surface area contributed by atoms with E-state index in [1.807, 2.05) is 0 Å². The third-order valence-electron chi connectivity index (χ3n) is 4.44. The van der Waals surface area contributed by atoms with Gasteiger partial charge in [0.15, 0.2) is 0 Å². The van der Waals surface area contributed by atoms with E-state index in [1.165, 1.54) is 45.3 Å². The number of halogens is 3. The molecule has 13 heteroatoms. The Labute approximate surface area is 186 Å². The molecule has 0 radical (unpaired) electrons. The number of ether oxygens (including phenoxy) is 1. The van der Waals surface area contributed by atoms with Gasteiger partial charge in [-0.3, -0.25) is 4.79 Å². The van der Waals surface area contributed by atoms with Crippen LogP contribution < -0.4 is 5.43 Å². The van der Waals surface area contributed by atoms with Gasteiger partial charge in [0.1, 0.15) is 12.4 Å². The number of alkyl halides is 3. The SMILES string of the molecule is Cc1cc(=O)c(C(=O)OCc2ccc(S(=O)(=O)N(C)C)o2)nn1-c1cccc(C(F)(F)F)c1. The quantitative estimate of drug-likeness (QED) is 0.494. The normalized spacial score (nSPS) is 12.2. The van der Waals surface area contributed by atoms with Gasteiger partial charge in [0, 0.05) is 25.9 Å². The molecule has 0 aliphatic rings. The molecule has 2 heterocycles. The van der Waals surface area contributed by atoms with Crippen molar-refractivity contribution in [1.29, 1.82) is 0 Å². The molecule has 0 saturated heterocycles. The van der Waals surface area contributed by atoms with Crippen LogP contribution in [0.15, 0.2) is 56.8 Å². The highest BCUT2D eigenvalue weighted by atomic mass is 32.2. The van der Waals surface area contributed by atoms with E-state index in [9.17, 15) is 31.2 Å². The van der Waals surface area contributed by atoms with E-state index in [2.05, 4.69) is 5.10 Å². The average molecular weight is 485 g/mol. The fraction of sp³-hybridized carbons (Fsp3) is 0.250. The highest BCUT2D eigenvalue weighted by Crippen LogP contribution is 2.30. The first-order chi connectivity index (χ1) is 15.3. The molecule has 0 aliphatic carbocycles. The molecular weight excluding hydrogens is 467 g/mol. The molecule has 3 rings (SSSR count). The number of aromatic nitrogens is 2. The number of nitrogens with zero attached hydrogens (tertiary/aromatic N) is 3. The van der Waals surface area contributed by atoms with Crippen molar-refractivity contribution in [1.82, 2.24) is 14.1 Å². The lowest BCUT2D eigenvalue weighted by Gasteiger charge is -2.13. The van der Waals surface area contributed by atoms with E-state index >= 15 is 0 Å². The van der Waals surface area contributed by atoms with Crippen molar-refractivity contribution in [2.75, 3.05) is 14.1 Å². The van der Waals surface area contributed by atoms with Gasteiger partial charge in [-0.25, -0.2) is 22.2 Å². The number of aryl methyl sites for hydroxylation is 1. The van der Waals surface area contributed by atoms with Crippen molar-refractivity contribution < 1.29 is 35.5 Å². The van der Waals surface area contributed by atoms with Crippen LogP contribution in [0.3, 0.4) is 0 Å². The highest BCUT2D eigenvalue weighted by Gasteiger charge is 2.31. The minimum atomic E-state index is -4.59. The third kappa shape index (κ3) is 5.14. The van der Waals surface area contributed by atoms with E-state index in [0.29, 0.717) is 0 Å². The highest BCUT2D eigenvalue weighted by molar-refractivity contribution is 7.88. The van der Waals surface area contributed by atoms with E-state index in [1.54, 1.807) is 0 Å². The zero-order valence-corrected chi connectivity index (χ0v) is 18.4. The first-order valence-electron chi connectivity index (χ1n) is 9.27. The number of hydrogen-bond acceptors (Lipinski definition) is 7. The summed E-state index contributed by atoms with van der Waals surface area (Å²) in [6, 6.07) is 7.73. The molecular formula is C20H18F3N3O6S. The van der Waals surface area contributed by atoms with Crippen LogP contribution in [0.1, 0.15) is 27.5 Å². The van der Waals surface area contributed by atoms with Crippen LogP contribution in [0.4, 0.5) is 13.2 Å². The fourth-order valence-corrected chi connectivity index (χ4v) is 3.54. The number of benzene rings is 1. The number of rotatable bonds is 6. The van der Waals surface area contributed by atoms with Crippen LogP contribution in [-0.2, 0) is 27.5 Å². The van der Waals surface area contributed by atoms with Crippen molar-refractivity contribution in [3.05, 3.63) is 75.4 Å². The Kier molecular flexibility index (Phi) is 6.47. The molecule has 1 aromatic carbocycles. The molecule has 0 spiro atoms. The maximum atomic E-state index is 13.0. The molecule has 0 N–H and O–H groups in total. The van der Waals surface area contributed by atoms with Crippen molar-refractivity contribution >= 4 is 16.0 Å². The average Bonchev–Trinajstić information content (AvgIpc) is 3.21. The van der Waals surface area contributed by atoms with Crippen molar-refractivity contribution in [3.8, 4) is 5.69 Å². The summed E-state index contributed by atoms with van der Waals surface area (Å²) in [5.74, 6) is -1.16. The van der Waals surface area contributed by atoms with Gasteiger partial charge in [0.25, 0.3) is 10.0 Å². The molecule has 0 amide bonds. The summed E-state index contributed by atoms with van der Waals surface area (Å²) < 4.78 is 75.3. The molecule has 0 bridgehead atoms. The molecule has 0 saturated carbocycles. The zero-order valence-electron chi connectivity index (χ0n) is 17.6. The lowest BCUT2D eigenvalue weighted by atomic mass is 10.2. The second-order valence-corrected chi connectivity index (χ2v) is 9.13. The molecule has 33 heavy (non-hydrogen) atoms. The van der Waals surface area contributed by atoms with Gasteiger partial charge in [0.2, 0.25) is 16.2 Å². The van der Waals surface area contributed by atoms with E-state index < -0.39 is 45.5 Å². The maximum Gasteiger partial charge on any atom is 0.416 e. The van der Waals surface area contributed by atoms with Gasteiger partial charge in [-0.05, 0) is 37.3 Å². The summed E-state index contributed by atoms with van der Waals surface area (Å²) in [6.45, 7) is 0.944. The molecule has 0 atom stereocenters. The summed E-state index contributed by atoms with van der Waals surface area (Å²) in [7, 11) is -1.20. The number of carbonyl (C=O) groups is 1. The largest absolute Gasteiger partial charge is 0.453 e. The van der Waals surface area contributed by atoms with Crippen molar-refractivity contribution in [2.45, 2.75) is 24.8 Å². The smallest absolute Gasteiger partial charge is 0.416 e. The lowest BCUT2D eigenvalue weighted by molar-refractivity contribution is -0.137.